The molecule has 0 aliphatic carbocycles. The van der Waals surface area contributed by atoms with Crippen LogP contribution in [0.2, 0.25) is 0 Å². The maximum atomic E-state index is 13.0. The van der Waals surface area contributed by atoms with Gasteiger partial charge in [-0.05, 0) is 62.4 Å². The summed E-state index contributed by atoms with van der Waals surface area (Å²) >= 11 is 0. The smallest absolute Gasteiger partial charge is 0.291 e. The van der Waals surface area contributed by atoms with Gasteiger partial charge in [0.1, 0.15) is 0 Å². The van der Waals surface area contributed by atoms with Gasteiger partial charge in [-0.2, -0.15) is 0 Å². The van der Waals surface area contributed by atoms with Gasteiger partial charge in [-0.3, -0.25) is 14.6 Å². The molecule has 4 aromatic rings. The Balaban J connectivity index is 1.58. The van der Waals surface area contributed by atoms with Crippen LogP contribution >= 0.6 is 0 Å². The lowest BCUT2D eigenvalue weighted by atomic mass is 10.0. The lowest BCUT2D eigenvalue weighted by molar-refractivity contribution is 0.0995. The van der Waals surface area contributed by atoms with E-state index in [4.69, 9.17) is 4.42 Å². The predicted molar refractivity (Wildman–Crippen MR) is 112 cm³/mol. The van der Waals surface area contributed by atoms with Gasteiger partial charge in [-0.15, -0.1) is 0 Å². The Morgan fingerprint density at radius 3 is 2.34 bits per heavy atom. The summed E-state index contributed by atoms with van der Waals surface area (Å²) in [6.45, 7) is 3.84. The van der Waals surface area contributed by atoms with Crippen LogP contribution in [-0.2, 0) is 0 Å². The van der Waals surface area contributed by atoms with Gasteiger partial charge in [0, 0.05) is 22.5 Å². The fraction of sp³-hybridized carbons (Fsp3) is 0.0870. The molecule has 0 unspecified atom stereocenters. The molecule has 4 rings (SSSR count). The van der Waals surface area contributed by atoms with Crippen molar-refractivity contribution in [1.29, 1.82) is 0 Å². The second-order valence-corrected chi connectivity index (χ2v) is 6.80. The first-order chi connectivity index (χ1) is 14.0. The minimum Gasteiger partial charge on any atom is -0.459 e. The Morgan fingerprint density at radius 1 is 0.862 bits per heavy atom. The van der Waals surface area contributed by atoms with Gasteiger partial charge in [-0.25, -0.2) is 0 Å². The molecule has 0 fully saturated rings. The van der Waals surface area contributed by atoms with E-state index >= 15 is 0 Å². The van der Waals surface area contributed by atoms with Gasteiger partial charge >= 0.3 is 0 Å². The fourth-order valence-corrected chi connectivity index (χ4v) is 3.13. The van der Waals surface area contributed by atoms with E-state index in [0.29, 0.717) is 16.9 Å². The Bertz CT molecular complexity index is 1210. The molecule has 6 heteroatoms. The number of aryl methyl sites for hydroxylation is 2. The summed E-state index contributed by atoms with van der Waals surface area (Å²) in [5, 5.41) is 6.46. The van der Waals surface area contributed by atoms with E-state index < -0.39 is 0 Å². The number of nitrogens with zero attached hydrogens (tertiary/aromatic N) is 1. The Hall–Kier alpha value is -3.93. The number of hydrogen-bond donors (Lipinski definition) is 2. The first-order valence-electron chi connectivity index (χ1n) is 9.14. The average molecular weight is 385 g/mol. The van der Waals surface area contributed by atoms with Crippen molar-refractivity contribution in [3.05, 3.63) is 89.5 Å². The van der Waals surface area contributed by atoms with Crippen molar-refractivity contribution in [2.75, 3.05) is 10.6 Å². The molecule has 0 spiro atoms. The maximum Gasteiger partial charge on any atom is 0.291 e. The molecule has 144 valence electrons. The highest BCUT2D eigenvalue weighted by Crippen LogP contribution is 2.22. The van der Waals surface area contributed by atoms with Crippen LogP contribution in [0.1, 0.15) is 32.2 Å². The molecule has 2 N–H and O–H groups in total. The Morgan fingerprint density at radius 2 is 1.62 bits per heavy atom. The van der Waals surface area contributed by atoms with Crippen molar-refractivity contribution in [3.8, 4) is 0 Å². The molecule has 2 aromatic heterocycles. The second kappa shape index (κ2) is 7.59. The summed E-state index contributed by atoms with van der Waals surface area (Å²) in [4.78, 5) is 29.6. The van der Waals surface area contributed by atoms with Gasteiger partial charge in [0.05, 0.1) is 17.3 Å². The van der Waals surface area contributed by atoms with E-state index in [9.17, 15) is 9.59 Å². The number of aromatic nitrogens is 1. The molecule has 0 radical (unpaired) electrons. The molecule has 2 aromatic carbocycles. The molecule has 0 aliphatic heterocycles. The van der Waals surface area contributed by atoms with Gasteiger partial charge in [0.25, 0.3) is 11.8 Å². The second-order valence-electron chi connectivity index (χ2n) is 6.80. The van der Waals surface area contributed by atoms with Crippen molar-refractivity contribution in [3.63, 3.8) is 0 Å². The van der Waals surface area contributed by atoms with Gasteiger partial charge in [0.2, 0.25) is 0 Å². The largest absolute Gasteiger partial charge is 0.459 e. The van der Waals surface area contributed by atoms with E-state index in [-0.39, 0.29) is 17.6 Å². The average Bonchev–Trinajstić information content (AvgIpc) is 3.23. The zero-order chi connectivity index (χ0) is 20.4. The zero-order valence-corrected chi connectivity index (χ0v) is 16.0. The highest BCUT2D eigenvalue weighted by molar-refractivity contribution is 6.12. The highest BCUT2D eigenvalue weighted by atomic mass is 16.3. The third-order valence-corrected chi connectivity index (χ3v) is 4.46. The summed E-state index contributed by atoms with van der Waals surface area (Å²) in [5.74, 6) is -0.376. The van der Waals surface area contributed by atoms with Crippen molar-refractivity contribution in [2.45, 2.75) is 13.8 Å². The minimum absolute atomic E-state index is 0.216. The van der Waals surface area contributed by atoms with E-state index in [1.807, 2.05) is 32.0 Å². The molecular weight excluding hydrogens is 366 g/mol. The monoisotopic (exact) mass is 385 g/mol. The van der Waals surface area contributed by atoms with Crippen molar-refractivity contribution in [1.82, 2.24) is 4.98 Å². The number of carbonyl (C=O) groups is 2. The number of fused-ring (bicyclic) bond motifs is 1. The third kappa shape index (κ3) is 4.01. The van der Waals surface area contributed by atoms with E-state index in [2.05, 4.69) is 15.6 Å². The van der Waals surface area contributed by atoms with Gasteiger partial charge in [-0.1, -0.05) is 17.7 Å². The Kier molecular flexibility index (Phi) is 4.83. The SMILES string of the molecule is Cc1ccc2nc(C)cc(C(=O)Nc3cccc(NC(=O)c4ccco4)c3)c2c1. The number of rotatable bonds is 4. The summed E-state index contributed by atoms with van der Waals surface area (Å²) < 4.78 is 5.09. The number of furan rings is 1. The number of anilines is 2. The van der Waals surface area contributed by atoms with Crippen LogP contribution in [-0.4, -0.2) is 16.8 Å². The normalized spacial score (nSPS) is 10.7. The van der Waals surface area contributed by atoms with Gasteiger partial charge < -0.3 is 15.1 Å². The first-order valence-corrected chi connectivity index (χ1v) is 9.14. The molecule has 0 saturated carbocycles. The molecule has 2 heterocycles. The lowest BCUT2D eigenvalue weighted by Crippen LogP contribution is -2.14. The van der Waals surface area contributed by atoms with Gasteiger partial charge in [0.15, 0.2) is 5.76 Å². The third-order valence-electron chi connectivity index (χ3n) is 4.46. The van der Waals surface area contributed by atoms with Crippen LogP contribution in [0.25, 0.3) is 10.9 Å². The number of hydrogen-bond acceptors (Lipinski definition) is 4. The molecule has 2 amide bonds. The summed E-state index contributed by atoms with van der Waals surface area (Å²) in [6, 6.07) is 17.8. The van der Waals surface area contributed by atoms with Crippen LogP contribution in [0.4, 0.5) is 11.4 Å². The molecule has 0 atom stereocenters. The van der Waals surface area contributed by atoms with Crippen LogP contribution in [0, 0.1) is 13.8 Å². The van der Waals surface area contributed by atoms with Crippen LogP contribution < -0.4 is 10.6 Å². The zero-order valence-electron chi connectivity index (χ0n) is 16.0. The molecule has 29 heavy (non-hydrogen) atoms. The van der Waals surface area contributed by atoms with Crippen molar-refractivity contribution in [2.24, 2.45) is 0 Å². The van der Waals surface area contributed by atoms with E-state index in [0.717, 1.165) is 22.2 Å². The van der Waals surface area contributed by atoms with Crippen LogP contribution in [0.15, 0.2) is 71.3 Å². The maximum absolute atomic E-state index is 13.0. The number of carbonyl (C=O) groups excluding carboxylic acids is 2. The van der Waals surface area contributed by atoms with E-state index in [1.165, 1.54) is 6.26 Å². The Labute approximate surface area is 167 Å². The molecule has 0 saturated heterocycles. The summed E-state index contributed by atoms with van der Waals surface area (Å²) in [5.41, 5.74) is 4.28. The van der Waals surface area contributed by atoms with Crippen molar-refractivity contribution < 1.29 is 14.0 Å². The summed E-state index contributed by atoms with van der Waals surface area (Å²) in [7, 11) is 0. The molecular formula is C23H19N3O3. The molecule has 0 bridgehead atoms. The standard InChI is InChI=1S/C23H19N3O3/c1-14-8-9-20-18(11-14)19(12-15(2)24-20)22(27)25-16-5-3-6-17(13-16)26-23(28)21-7-4-10-29-21/h3-13H,1-2H3,(H,25,27)(H,26,28). The number of benzene rings is 2. The first kappa shape index (κ1) is 18.4. The summed E-state index contributed by atoms with van der Waals surface area (Å²) in [6.07, 6.45) is 1.44. The van der Waals surface area contributed by atoms with Crippen LogP contribution in [0.3, 0.4) is 0 Å². The highest BCUT2D eigenvalue weighted by Gasteiger charge is 2.14. The number of pyridine rings is 1. The lowest BCUT2D eigenvalue weighted by Gasteiger charge is -2.11. The topological polar surface area (TPSA) is 84.2 Å². The number of nitrogens with one attached hydrogen (secondary N) is 2. The number of amides is 2. The fourth-order valence-electron chi connectivity index (χ4n) is 3.13. The van der Waals surface area contributed by atoms with Crippen LogP contribution in [0.5, 0.6) is 0 Å². The molecule has 0 aliphatic rings. The quantitative estimate of drug-likeness (QED) is 0.521. The van der Waals surface area contributed by atoms with Crippen molar-refractivity contribution >= 4 is 34.1 Å². The predicted octanol–water partition coefficient (Wildman–Crippen LogP) is 4.95. The minimum atomic E-state index is -0.357. The molecule has 6 nitrogen and oxygen atoms in total. The van der Waals surface area contributed by atoms with E-state index in [1.54, 1.807) is 42.5 Å².